The highest BCUT2D eigenvalue weighted by Gasteiger charge is 2.26. The number of carbonyl (C=O) groups excluding carboxylic acids is 1. The topological polar surface area (TPSA) is 26.3 Å². The number of halogens is 1. The van der Waals surface area contributed by atoms with Gasteiger partial charge < -0.3 is 4.74 Å². The molecule has 0 atom stereocenters. The molecular formula is C12H13ClO2. The number of ketones is 1. The number of hydrogen-bond acceptors (Lipinski definition) is 2. The number of methoxy groups -OCH3 is 1. The molecule has 1 saturated carbocycles. The molecule has 0 saturated heterocycles. The summed E-state index contributed by atoms with van der Waals surface area (Å²) in [4.78, 5) is 11.9. The quantitative estimate of drug-likeness (QED) is 0.734. The van der Waals surface area contributed by atoms with Crippen molar-refractivity contribution in [3.05, 3.63) is 28.8 Å². The average molecular weight is 225 g/mol. The van der Waals surface area contributed by atoms with Crippen LogP contribution in [-0.2, 0) is 0 Å². The third-order valence-electron chi connectivity index (χ3n) is 2.63. The number of rotatable bonds is 4. The maximum atomic E-state index is 11.9. The van der Waals surface area contributed by atoms with Gasteiger partial charge in [0, 0.05) is 11.4 Å². The first-order valence-electron chi connectivity index (χ1n) is 5.07. The lowest BCUT2D eigenvalue weighted by Crippen LogP contribution is -2.02. The van der Waals surface area contributed by atoms with Crippen molar-refractivity contribution < 1.29 is 9.53 Å². The zero-order chi connectivity index (χ0) is 10.8. The molecule has 0 N–H and O–H groups in total. The number of hydrogen-bond donors (Lipinski definition) is 0. The molecule has 2 nitrogen and oxygen atoms in total. The van der Waals surface area contributed by atoms with E-state index in [1.165, 1.54) is 12.8 Å². The molecule has 2 rings (SSSR count). The van der Waals surface area contributed by atoms with E-state index in [1.54, 1.807) is 25.3 Å². The molecule has 80 valence electrons. The molecule has 0 radical (unpaired) electrons. The Hall–Kier alpha value is -1.02. The van der Waals surface area contributed by atoms with Crippen molar-refractivity contribution in [2.75, 3.05) is 7.11 Å². The summed E-state index contributed by atoms with van der Waals surface area (Å²) in [5.74, 6) is 1.33. The fourth-order valence-corrected chi connectivity index (χ4v) is 1.75. The minimum Gasteiger partial charge on any atom is -0.496 e. The van der Waals surface area contributed by atoms with E-state index in [4.69, 9.17) is 16.3 Å². The highest BCUT2D eigenvalue weighted by molar-refractivity contribution is 6.30. The Kier molecular flexibility index (Phi) is 2.96. The van der Waals surface area contributed by atoms with Gasteiger partial charge in [0.05, 0.1) is 12.7 Å². The van der Waals surface area contributed by atoms with E-state index in [-0.39, 0.29) is 5.78 Å². The maximum absolute atomic E-state index is 11.9. The van der Waals surface area contributed by atoms with Crippen molar-refractivity contribution >= 4 is 17.4 Å². The summed E-state index contributed by atoms with van der Waals surface area (Å²) in [6.45, 7) is 0. The first-order chi connectivity index (χ1) is 7.20. The number of Topliss-reactive ketones (excluding diaryl/α,β-unsaturated/α-hetero) is 1. The number of ether oxygens (including phenoxy) is 1. The van der Waals surface area contributed by atoms with E-state index in [2.05, 4.69) is 0 Å². The van der Waals surface area contributed by atoms with Crippen molar-refractivity contribution in [3.8, 4) is 5.75 Å². The highest BCUT2D eigenvalue weighted by Crippen LogP contribution is 2.35. The molecule has 0 heterocycles. The molecule has 0 aromatic heterocycles. The Morgan fingerprint density at radius 2 is 2.27 bits per heavy atom. The van der Waals surface area contributed by atoms with E-state index < -0.39 is 0 Å². The van der Waals surface area contributed by atoms with E-state index in [9.17, 15) is 4.79 Å². The molecule has 1 aromatic rings. The molecular weight excluding hydrogens is 212 g/mol. The lowest BCUT2D eigenvalue weighted by Gasteiger charge is -2.07. The molecule has 15 heavy (non-hydrogen) atoms. The average Bonchev–Trinajstić information content (AvgIpc) is 3.01. The third kappa shape index (κ3) is 2.51. The monoisotopic (exact) mass is 224 g/mol. The molecule has 1 aliphatic carbocycles. The fraction of sp³-hybridized carbons (Fsp3) is 0.417. The van der Waals surface area contributed by atoms with Gasteiger partial charge >= 0.3 is 0 Å². The summed E-state index contributed by atoms with van der Waals surface area (Å²) in [5.41, 5.74) is 0.647. The lowest BCUT2D eigenvalue weighted by atomic mass is 10.0. The van der Waals surface area contributed by atoms with E-state index in [0.717, 1.165) is 0 Å². The van der Waals surface area contributed by atoms with Crippen molar-refractivity contribution in [1.82, 2.24) is 0 Å². The van der Waals surface area contributed by atoms with Gasteiger partial charge in [-0.2, -0.15) is 0 Å². The largest absolute Gasteiger partial charge is 0.496 e. The van der Waals surface area contributed by atoms with Crippen LogP contribution in [0.5, 0.6) is 5.75 Å². The van der Waals surface area contributed by atoms with Gasteiger partial charge in [0.15, 0.2) is 5.78 Å². The molecule has 0 unspecified atom stereocenters. The summed E-state index contributed by atoms with van der Waals surface area (Å²) in [5, 5.41) is 0.592. The lowest BCUT2D eigenvalue weighted by molar-refractivity contribution is 0.0973. The van der Waals surface area contributed by atoms with Crippen LogP contribution in [0.15, 0.2) is 18.2 Å². The molecule has 0 aliphatic heterocycles. The van der Waals surface area contributed by atoms with Gasteiger partial charge in [0.25, 0.3) is 0 Å². The SMILES string of the molecule is COc1cc(Cl)ccc1C(=O)CC1CC1. The van der Waals surface area contributed by atoms with Crippen molar-refractivity contribution in [2.24, 2.45) is 5.92 Å². The summed E-state index contributed by atoms with van der Waals surface area (Å²) in [7, 11) is 1.56. The van der Waals surface area contributed by atoms with Crippen molar-refractivity contribution in [2.45, 2.75) is 19.3 Å². The zero-order valence-corrected chi connectivity index (χ0v) is 9.38. The van der Waals surface area contributed by atoms with Gasteiger partial charge in [-0.25, -0.2) is 0 Å². The summed E-state index contributed by atoms with van der Waals surface area (Å²) < 4.78 is 5.14. The second kappa shape index (κ2) is 4.23. The zero-order valence-electron chi connectivity index (χ0n) is 8.63. The smallest absolute Gasteiger partial charge is 0.166 e. The van der Waals surface area contributed by atoms with Crippen LogP contribution in [0, 0.1) is 5.92 Å². The summed E-state index contributed by atoms with van der Waals surface area (Å²) >= 11 is 5.83. The Morgan fingerprint density at radius 1 is 1.53 bits per heavy atom. The summed E-state index contributed by atoms with van der Waals surface area (Å²) in [6, 6.07) is 5.15. The van der Waals surface area contributed by atoms with Crippen LogP contribution in [-0.4, -0.2) is 12.9 Å². The van der Waals surface area contributed by atoms with Crippen LogP contribution in [0.3, 0.4) is 0 Å². The van der Waals surface area contributed by atoms with Gasteiger partial charge in [-0.3, -0.25) is 4.79 Å². The number of benzene rings is 1. The van der Waals surface area contributed by atoms with Gasteiger partial charge in [0.1, 0.15) is 5.75 Å². The minimum absolute atomic E-state index is 0.158. The Bertz CT molecular complexity index is 383. The Labute approximate surface area is 94.2 Å². The first-order valence-corrected chi connectivity index (χ1v) is 5.45. The third-order valence-corrected chi connectivity index (χ3v) is 2.87. The molecule has 1 aromatic carbocycles. The second-order valence-electron chi connectivity index (χ2n) is 3.92. The van der Waals surface area contributed by atoms with Gasteiger partial charge in [0.2, 0.25) is 0 Å². The van der Waals surface area contributed by atoms with Crippen molar-refractivity contribution in [3.63, 3.8) is 0 Å². The number of carbonyl (C=O) groups is 1. The van der Waals surface area contributed by atoms with E-state index >= 15 is 0 Å². The van der Waals surface area contributed by atoms with Crippen molar-refractivity contribution in [1.29, 1.82) is 0 Å². The molecule has 3 heteroatoms. The first kappa shape index (κ1) is 10.5. The van der Waals surface area contributed by atoms with Crippen LogP contribution in [0.2, 0.25) is 5.02 Å². The standard InChI is InChI=1S/C12H13ClO2/c1-15-12-7-9(13)4-5-10(12)11(14)6-8-2-3-8/h4-5,7-8H,2-3,6H2,1H3. The Morgan fingerprint density at radius 3 is 2.87 bits per heavy atom. The molecule has 0 bridgehead atoms. The minimum atomic E-state index is 0.158. The predicted molar refractivity (Wildman–Crippen MR) is 59.7 cm³/mol. The van der Waals surface area contributed by atoms with Gasteiger partial charge in [-0.1, -0.05) is 11.6 Å². The molecule has 0 amide bonds. The molecule has 1 fully saturated rings. The van der Waals surface area contributed by atoms with E-state index in [1.807, 2.05) is 0 Å². The fourth-order valence-electron chi connectivity index (χ4n) is 1.59. The highest BCUT2D eigenvalue weighted by atomic mass is 35.5. The van der Waals surface area contributed by atoms with Crippen LogP contribution in [0.1, 0.15) is 29.6 Å². The van der Waals surface area contributed by atoms with Crippen LogP contribution < -0.4 is 4.74 Å². The molecule has 1 aliphatic rings. The maximum Gasteiger partial charge on any atom is 0.166 e. The summed E-state index contributed by atoms with van der Waals surface area (Å²) in [6.07, 6.45) is 3.00. The van der Waals surface area contributed by atoms with Crippen LogP contribution in [0.4, 0.5) is 0 Å². The predicted octanol–water partition coefficient (Wildman–Crippen LogP) is 3.33. The van der Waals surface area contributed by atoms with E-state index in [0.29, 0.717) is 28.7 Å². The van der Waals surface area contributed by atoms with Gasteiger partial charge in [-0.05, 0) is 37.0 Å². The Balaban J connectivity index is 2.21. The normalized spacial score (nSPS) is 15.1. The second-order valence-corrected chi connectivity index (χ2v) is 4.35. The van der Waals surface area contributed by atoms with Gasteiger partial charge in [-0.15, -0.1) is 0 Å². The molecule has 0 spiro atoms. The van der Waals surface area contributed by atoms with Crippen LogP contribution >= 0.6 is 11.6 Å². The van der Waals surface area contributed by atoms with Crippen LogP contribution in [0.25, 0.3) is 0 Å².